The van der Waals surface area contributed by atoms with Crippen molar-refractivity contribution < 1.29 is 9.18 Å². The van der Waals surface area contributed by atoms with Crippen molar-refractivity contribution >= 4 is 5.91 Å². The van der Waals surface area contributed by atoms with Crippen molar-refractivity contribution in [2.24, 2.45) is 7.05 Å². The lowest BCUT2D eigenvalue weighted by atomic mass is 10.0. The van der Waals surface area contributed by atoms with Crippen LogP contribution in [0.5, 0.6) is 0 Å². The number of nitrogens with zero attached hydrogens (tertiary/aromatic N) is 3. The van der Waals surface area contributed by atoms with E-state index in [0.29, 0.717) is 29.8 Å². The summed E-state index contributed by atoms with van der Waals surface area (Å²) < 4.78 is 15.5. The van der Waals surface area contributed by atoms with Gasteiger partial charge in [0.05, 0.1) is 24.1 Å². The molecule has 0 spiro atoms. The van der Waals surface area contributed by atoms with E-state index in [1.165, 1.54) is 21.9 Å². The Bertz CT molecular complexity index is 814. The largest absolute Gasteiger partial charge is 0.332 e. The molecule has 0 bridgehead atoms. The quantitative estimate of drug-likeness (QED) is 0.800. The molecule has 114 valence electrons. The van der Waals surface area contributed by atoms with Crippen LogP contribution in [-0.2, 0) is 20.0 Å². The van der Waals surface area contributed by atoms with Gasteiger partial charge in [-0.25, -0.2) is 9.37 Å². The Morgan fingerprint density at radius 2 is 2.14 bits per heavy atom. The zero-order chi connectivity index (χ0) is 15.9. The Hall–Kier alpha value is -2.50. The average Bonchev–Trinajstić information content (AvgIpc) is 2.53. The summed E-state index contributed by atoms with van der Waals surface area (Å²) in [4.78, 5) is 30.3. The van der Waals surface area contributed by atoms with Crippen LogP contribution in [-0.4, -0.2) is 26.9 Å². The Morgan fingerprint density at radius 1 is 1.36 bits per heavy atom. The zero-order valence-electron chi connectivity index (χ0n) is 12.5. The van der Waals surface area contributed by atoms with E-state index in [0.717, 1.165) is 0 Å². The van der Waals surface area contributed by atoms with Gasteiger partial charge < -0.3 is 9.47 Å². The van der Waals surface area contributed by atoms with Crippen molar-refractivity contribution in [2.75, 3.05) is 6.54 Å². The smallest absolute Gasteiger partial charge is 0.257 e. The van der Waals surface area contributed by atoms with Crippen LogP contribution in [0.2, 0.25) is 0 Å². The van der Waals surface area contributed by atoms with Gasteiger partial charge in [-0.2, -0.15) is 0 Å². The molecular weight excluding hydrogens is 285 g/mol. The van der Waals surface area contributed by atoms with Crippen LogP contribution in [0.3, 0.4) is 0 Å². The molecule has 6 heteroatoms. The second-order valence-corrected chi connectivity index (χ2v) is 5.50. The lowest BCUT2D eigenvalue weighted by Crippen LogP contribution is -2.40. The van der Waals surface area contributed by atoms with E-state index >= 15 is 0 Å². The topological polar surface area (TPSA) is 55.2 Å². The molecular formula is C16H16FN3O2. The van der Waals surface area contributed by atoms with Gasteiger partial charge in [-0.15, -0.1) is 0 Å². The standard InChI is InChI=1S/C16H16FN3O2/c1-10-4-3-5-12(14(10)17)16(22)20-7-6-11-13(8-20)18-9-19(2)15(11)21/h3-5,9H,6-8H2,1-2H3. The first-order valence-corrected chi connectivity index (χ1v) is 7.07. The number of amides is 1. The van der Waals surface area contributed by atoms with Gasteiger partial charge in [0.1, 0.15) is 5.82 Å². The molecule has 3 rings (SSSR count). The van der Waals surface area contributed by atoms with Gasteiger partial charge in [0, 0.05) is 19.2 Å². The number of halogens is 1. The number of fused-ring (bicyclic) bond motifs is 1. The highest BCUT2D eigenvalue weighted by Gasteiger charge is 2.26. The summed E-state index contributed by atoms with van der Waals surface area (Å²) in [6, 6.07) is 4.78. The molecule has 1 aliphatic heterocycles. The number of aryl methyl sites for hydroxylation is 2. The van der Waals surface area contributed by atoms with E-state index in [9.17, 15) is 14.0 Å². The Kier molecular flexibility index (Phi) is 3.52. The number of carbonyl (C=O) groups is 1. The van der Waals surface area contributed by atoms with E-state index in [1.807, 2.05) is 0 Å². The maximum atomic E-state index is 14.1. The summed E-state index contributed by atoms with van der Waals surface area (Å²) >= 11 is 0. The van der Waals surface area contributed by atoms with Crippen molar-refractivity contribution in [3.05, 3.63) is 63.1 Å². The van der Waals surface area contributed by atoms with Crippen molar-refractivity contribution in [2.45, 2.75) is 19.9 Å². The fourth-order valence-electron chi connectivity index (χ4n) is 2.67. The summed E-state index contributed by atoms with van der Waals surface area (Å²) in [6.07, 6.45) is 1.89. The Morgan fingerprint density at radius 3 is 2.91 bits per heavy atom. The minimum atomic E-state index is -0.491. The molecule has 0 saturated carbocycles. The molecule has 2 heterocycles. The van der Waals surface area contributed by atoms with Gasteiger partial charge in [-0.1, -0.05) is 12.1 Å². The maximum Gasteiger partial charge on any atom is 0.257 e. The van der Waals surface area contributed by atoms with Gasteiger partial charge >= 0.3 is 0 Å². The minimum absolute atomic E-state index is 0.0623. The molecule has 0 aliphatic carbocycles. The normalized spacial score (nSPS) is 13.9. The number of aromatic nitrogens is 2. The molecule has 0 radical (unpaired) electrons. The third kappa shape index (κ3) is 2.30. The first-order chi connectivity index (χ1) is 10.5. The number of hydrogen-bond acceptors (Lipinski definition) is 3. The van der Waals surface area contributed by atoms with Crippen LogP contribution in [0.1, 0.15) is 27.2 Å². The molecule has 0 atom stereocenters. The van der Waals surface area contributed by atoms with E-state index in [4.69, 9.17) is 0 Å². The van der Waals surface area contributed by atoms with Crippen LogP contribution in [0.15, 0.2) is 29.3 Å². The van der Waals surface area contributed by atoms with Gasteiger partial charge in [0.15, 0.2) is 0 Å². The number of hydrogen-bond donors (Lipinski definition) is 0. The molecule has 5 nitrogen and oxygen atoms in total. The predicted molar refractivity (Wildman–Crippen MR) is 79.1 cm³/mol. The first kappa shape index (κ1) is 14.4. The van der Waals surface area contributed by atoms with E-state index < -0.39 is 5.82 Å². The van der Waals surface area contributed by atoms with Crippen molar-refractivity contribution in [3.8, 4) is 0 Å². The third-order valence-corrected chi connectivity index (χ3v) is 4.00. The number of rotatable bonds is 1. The summed E-state index contributed by atoms with van der Waals surface area (Å²) in [5.74, 6) is -0.857. The summed E-state index contributed by atoms with van der Waals surface area (Å²) in [5.41, 5.74) is 1.65. The lowest BCUT2D eigenvalue weighted by Gasteiger charge is -2.28. The van der Waals surface area contributed by atoms with Crippen molar-refractivity contribution in [1.29, 1.82) is 0 Å². The molecule has 1 aromatic carbocycles. The second kappa shape index (κ2) is 5.36. The Balaban J connectivity index is 1.92. The monoisotopic (exact) mass is 301 g/mol. The summed E-state index contributed by atoms with van der Waals surface area (Å²) in [5, 5.41) is 0. The lowest BCUT2D eigenvalue weighted by molar-refractivity contribution is 0.0726. The molecule has 1 aromatic heterocycles. The predicted octanol–water partition coefficient (Wildman–Crippen LogP) is 1.43. The molecule has 2 aromatic rings. The van der Waals surface area contributed by atoms with Crippen LogP contribution >= 0.6 is 0 Å². The highest BCUT2D eigenvalue weighted by Crippen LogP contribution is 2.19. The fraction of sp³-hybridized carbons (Fsp3) is 0.312. The number of carbonyl (C=O) groups excluding carboxylic acids is 1. The van der Waals surface area contributed by atoms with Gasteiger partial charge in [0.2, 0.25) is 0 Å². The SMILES string of the molecule is Cc1cccc(C(=O)N2CCc3c(ncn(C)c3=O)C2)c1F. The van der Waals surface area contributed by atoms with E-state index in [-0.39, 0.29) is 23.6 Å². The molecule has 0 fully saturated rings. The molecule has 1 aliphatic rings. The maximum absolute atomic E-state index is 14.1. The van der Waals surface area contributed by atoms with Crippen molar-refractivity contribution in [3.63, 3.8) is 0 Å². The van der Waals surface area contributed by atoms with Crippen molar-refractivity contribution in [1.82, 2.24) is 14.5 Å². The zero-order valence-corrected chi connectivity index (χ0v) is 12.5. The number of benzene rings is 1. The van der Waals surface area contributed by atoms with Crippen LogP contribution in [0, 0.1) is 12.7 Å². The summed E-state index contributed by atoms with van der Waals surface area (Å²) in [6.45, 7) is 2.25. The van der Waals surface area contributed by atoms with E-state index in [2.05, 4.69) is 4.98 Å². The second-order valence-electron chi connectivity index (χ2n) is 5.50. The van der Waals surface area contributed by atoms with Crippen LogP contribution in [0.25, 0.3) is 0 Å². The van der Waals surface area contributed by atoms with Crippen LogP contribution in [0.4, 0.5) is 4.39 Å². The van der Waals surface area contributed by atoms with Gasteiger partial charge in [-0.3, -0.25) is 9.59 Å². The molecule has 0 N–H and O–H groups in total. The third-order valence-electron chi connectivity index (χ3n) is 4.00. The van der Waals surface area contributed by atoms with E-state index in [1.54, 1.807) is 26.1 Å². The average molecular weight is 301 g/mol. The Labute approximate surface area is 127 Å². The minimum Gasteiger partial charge on any atom is -0.332 e. The highest BCUT2D eigenvalue weighted by atomic mass is 19.1. The first-order valence-electron chi connectivity index (χ1n) is 7.07. The molecule has 0 unspecified atom stereocenters. The molecule has 0 saturated heterocycles. The van der Waals surface area contributed by atoms with Gasteiger partial charge in [0.25, 0.3) is 11.5 Å². The molecule has 22 heavy (non-hydrogen) atoms. The van der Waals surface area contributed by atoms with Crippen LogP contribution < -0.4 is 5.56 Å². The highest BCUT2D eigenvalue weighted by molar-refractivity contribution is 5.94. The summed E-state index contributed by atoms with van der Waals surface area (Å²) in [7, 11) is 1.65. The molecule has 1 amide bonds. The fourth-order valence-corrected chi connectivity index (χ4v) is 2.67. The van der Waals surface area contributed by atoms with Gasteiger partial charge in [-0.05, 0) is 25.0 Å².